The number of nitrogens with one attached hydrogen (secondary N) is 2. The van der Waals surface area contributed by atoms with Gasteiger partial charge in [-0.3, -0.25) is 9.69 Å². The van der Waals surface area contributed by atoms with Crippen LogP contribution in [-0.4, -0.2) is 38.2 Å². The predicted molar refractivity (Wildman–Crippen MR) is 76.8 cm³/mol. The summed E-state index contributed by atoms with van der Waals surface area (Å²) in [5.41, 5.74) is 1.36. The van der Waals surface area contributed by atoms with Crippen molar-refractivity contribution in [1.82, 2.24) is 5.32 Å². The summed E-state index contributed by atoms with van der Waals surface area (Å²) < 4.78 is 4.89. The molecule has 2 rings (SSSR count). The van der Waals surface area contributed by atoms with E-state index in [1.54, 1.807) is 30.3 Å². The second-order valence-electron chi connectivity index (χ2n) is 4.28. The fourth-order valence-corrected chi connectivity index (χ4v) is 1.87. The van der Waals surface area contributed by atoms with Crippen LogP contribution in [0.4, 0.5) is 16.2 Å². The summed E-state index contributed by atoms with van der Waals surface area (Å²) in [6, 6.07) is 7.11. The number of carbonyl (C=O) groups excluding carboxylic acids is 2. The van der Waals surface area contributed by atoms with E-state index in [2.05, 4.69) is 17.2 Å². The zero-order valence-electron chi connectivity index (χ0n) is 11.1. The summed E-state index contributed by atoms with van der Waals surface area (Å²) in [5, 5.41) is 5.68. The number of hydrogen-bond donors (Lipinski definition) is 2. The molecule has 1 fully saturated rings. The average Bonchev–Trinajstić information content (AvgIpc) is 2.85. The van der Waals surface area contributed by atoms with E-state index in [-0.39, 0.29) is 18.5 Å². The van der Waals surface area contributed by atoms with Gasteiger partial charge in [-0.15, -0.1) is 6.58 Å². The van der Waals surface area contributed by atoms with Crippen LogP contribution < -0.4 is 15.5 Å². The van der Waals surface area contributed by atoms with Crippen molar-refractivity contribution in [3.8, 4) is 0 Å². The smallest absolute Gasteiger partial charge is 0.414 e. The standard InChI is InChI=1S/C14H17N3O3/c1-2-6-15-10-13(18)16-11-4-3-5-12(9-11)17-7-8-20-14(17)19/h2-5,9,15H,1,6-8,10H2,(H,16,18). The number of rotatable bonds is 6. The van der Waals surface area contributed by atoms with Crippen LogP contribution in [0.1, 0.15) is 0 Å². The van der Waals surface area contributed by atoms with Gasteiger partial charge in [-0.05, 0) is 18.2 Å². The van der Waals surface area contributed by atoms with Crippen molar-refractivity contribution in [2.45, 2.75) is 0 Å². The van der Waals surface area contributed by atoms with Crippen molar-refractivity contribution >= 4 is 23.4 Å². The fraction of sp³-hybridized carbons (Fsp3) is 0.286. The molecular formula is C14H17N3O3. The van der Waals surface area contributed by atoms with Crippen LogP contribution in [0.15, 0.2) is 36.9 Å². The second-order valence-corrected chi connectivity index (χ2v) is 4.28. The zero-order valence-corrected chi connectivity index (χ0v) is 11.1. The van der Waals surface area contributed by atoms with Crippen molar-refractivity contribution in [3.05, 3.63) is 36.9 Å². The molecular weight excluding hydrogens is 258 g/mol. The molecule has 0 aromatic heterocycles. The molecule has 1 aromatic rings. The number of hydrogen-bond acceptors (Lipinski definition) is 4. The molecule has 20 heavy (non-hydrogen) atoms. The molecule has 6 nitrogen and oxygen atoms in total. The molecule has 0 spiro atoms. The lowest BCUT2D eigenvalue weighted by Gasteiger charge is -2.14. The average molecular weight is 275 g/mol. The number of cyclic esters (lactones) is 1. The quantitative estimate of drug-likeness (QED) is 0.607. The third kappa shape index (κ3) is 3.58. The summed E-state index contributed by atoms with van der Waals surface area (Å²) in [6.45, 7) is 5.26. The first kappa shape index (κ1) is 14.1. The Morgan fingerprint density at radius 2 is 2.35 bits per heavy atom. The second kappa shape index (κ2) is 6.72. The third-order valence-electron chi connectivity index (χ3n) is 2.78. The minimum absolute atomic E-state index is 0.145. The molecule has 1 aliphatic heterocycles. The fourth-order valence-electron chi connectivity index (χ4n) is 1.87. The predicted octanol–water partition coefficient (Wildman–Crippen LogP) is 1.36. The van der Waals surface area contributed by atoms with E-state index in [1.807, 2.05) is 0 Å². The molecule has 1 saturated heterocycles. The molecule has 0 radical (unpaired) electrons. The normalized spacial score (nSPS) is 14.0. The summed E-state index contributed by atoms with van der Waals surface area (Å²) in [5.74, 6) is -0.145. The molecule has 1 aromatic carbocycles. The van der Waals surface area contributed by atoms with Crippen molar-refractivity contribution in [2.24, 2.45) is 0 Å². The third-order valence-corrected chi connectivity index (χ3v) is 2.78. The zero-order chi connectivity index (χ0) is 14.4. The van der Waals surface area contributed by atoms with Crippen molar-refractivity contribution in [3.63, 3.8) is 0 Å². The van der Waals surface area contributed by atoms with Crippen LogP contribution in [-0.2, 0) is 9.53 Å². The molecule has 1 heterocycles. The Hall–Kier alpha value is -2.34. The van der Waals surface area contributed by atoms with Gasteiger partial charge >= 0.3 is 6.09 Å². The Kier molecular flexibility index (Phi) is 4.73. The Morgan fingerprint density at radius 1 is 1.50 bits per heavy atom. The number of amides is 2. The van der Waals surface area contributed by atoms with Gasteiger partial charge in [0.25, 0.3) is 0 Å². The molecule has 0 aliphatic carbocycles. The molecule has 2 N–H and O–H groups in total. The first-order chi connectivity index (χ1) is 9.70. The molecule has 2 amide bonds. The maximum absolute atomic E-state index is 11.7. The summed E-state index contributed by atoms with van der Waals surface area (Å²) in [4.78, 5) is 24.7. The number of anilines is 2. The summed E-state index contributed by atoms with van der Waals surface area (Å²) >= 11 is 0. The van der Waals surface area contributed by atoms with Crippen LogP contribution >= 0.6 is 0 Å². The van der Waals surface area contributed by atoms with Gasteiger partial charge in [0.2, 0.25) is 5.91 Å². The minimum atomic E-state index is -0.360. The topological polar surface area (TPSA) is 70.7 Å². The van der Waals surface area contributed by atoms with Gasteiger partial charge in [0.15, 0.2) is 0 Å². The van der Waals surface area contributed by atoms with E-state index >= 15 is 0 Å². The number of ether oxygens (including phenoxy) is 1. The number of benzene rings is 1. The maximum Gasteiger partial charge on any atom is 0.414 e. The van der Waals surface area contributed by atoms with E-state index in [0.717, 1.165) is 0 Å². The van der Waals surface area contributed by atoms with Gasteiger partial charge in [0.05, 0.1) is 13.1 Å². The van der Waals surface area contributed by atoms with Crippen LogP contribution in [0.25, 0.3) is 0 Å². The van der Waals surface area contributed by atoms with Gasteiger partial charge in [-0.25, -0.2) is 4.79 Å². The van der Waals surface area contributed by atoms with Gasteiger partial charge in [-0.1, -0.05) is 12.1 Å². The van der Waals surface area contributed by atoms with E-state index in [0.29, 0.717) is 31.1 Å². The largest absolute Gasteiger partial charge is 0.447 e. The summed E-state index contributed by atoms with van der Waals surface area (Å²) in [6.07, 6.45) is 1.33. The molecule has 0 atom stereocenters. The van der Waals surface area contributed by atoms with E-state index in [4.69, 9.17) is 4.74 Å². The minimum Gasteiger partial charge on any atom is -0.447 e. The van der Waals surface area contributed by atoms with Crippen LogP contribution in [0.3, 0.4) is 0 Å². The van der Waals surface area contributed by atoms with Gasteiger partial charge in [-0.2, -0.15) is 0 Å². The van der Waals surface area contributed by atoms with Crippen molar-refractivity contribution in [2.75, 3.05) is 36.5 Å². The van der Waals surface area contributed by atoms with Crippen molar-refractivity contribution in [1.29, 1.82) is 0 Å². The lowest BCUT2D eigenvalue weighted by Crippen LogP contribution is -2.28. The highest BCUT2D eigenvalue weighted by atomic mass is 16.6. The first-order valence-corrected chi connectivity index (χ1v) is 6.36. The Balaban J connectivity index is 1.97. The van der Waals surface area contributed by atoms with Gasteiger partial charge in [0, 0.05) is 17.9 Å². The number of nitrogens with zero attached hydrogens (tertiary/aromatic N) is 1. The highest BCUT2D eigenvalue weighted by Gasteiger charge is 2.23. The maximum atomic E-state index is 11.7. The van der Waals surface area contributed by atoms with Crippen LogP contribution in [0, 0.1) is 0 Å². The molecule has 0 saturated carbocycles. The van der Waals surface area contributed by atoms with E-state index in [9.17, 15) is 9.59 Å². The van der Waals surface area contributed by atoms with Crippen molar-refractivity contribution < 1.29 is 14.3 Å². The van der Waals surface area contributed by atoms with E-state index < -0.39 is 0 Å². The molecule has 1 aliphatic rings. The highest BCUT2D eigenvalue weighted by Crippen LogP contribution is 2.22. The molecule has 0 bridgehead atoms. The monoisotopic (exact) mass is 275 g/mol. The van der Waals surface area contributed by atoms with Crippen LogP contribution in [0.2, 0.25) is 0 Å². The highest BCUT2D eigenvalue weighted by molar-refractivity contribution is 5.94. The van der Waals surface area contributed by atoms with Gasteiger partial charge < -0.3 is 15.4 Å². The summed E-state index contributed by atoms with van der Waals surface area (Å²) in [7, 11) is 0. The molecule has 6 heteroatoms. The van der Waals surface area contributed by atoms with Crippen LogP contribution in [0.5, 0.6) is 0 Å². The Bertz CT molecular complexity index is 516. The Labute approximate surface area is 117 Å². The molecule has 0 unspecified atom stereocenters. The van der Waals surface area contributed by atoms with Gasteiger partial charge in [0.1, 0.15) is 6.61 Å². The number of carbonyl (C=O) groups is 2. The Morgan fingerprint density at radius 3 is 3.05 bits per heavy atom. The van der Waals surface area contributed by atoms with E-state index in [1.165, 1.54) is 4.90 Å². The molecule has 106 valence electrons. The SMILES string of the molecule is C=CCNCC(=O)Nc1cccc(N2CCOC2=O)c1. The lowest BCUT2D eigenvalue weighted by molar-refractivity contribution is -0.115. The first-order valence-electron chi connectivity index (χ1n) is 6.36. The lowest BCUT2D eigenvalue weighted by atomic mass is 10.2.